The number of ether oxygens (including phenoxy) is 4. The second-order valence-corrected chi connectivity index (χ2v) is 10.3. The molecule has 41 heavy (non-hydrogen) atoms. The Balaban J connectivity index is 1.42. The Labute approximate surface area is 245 Å². The summed E-state index contributed by atoms with van der Waals surface area (Å²) in [6.07, 6.45) is 4.85. The van der Waals surface area contributed by atoms with Gasteiger partial charge in [-0.1, -0.05) is 33.3 Å². The largest absolute Gasteiger partial charge is 0.494 e. The monoisotopic (exact) mass is 576 g/mol. The molecule has 0 amide bonds. The minimum Gasteiger partial charge on any atom is -0.494 e. The zero-order chi connectivity index (χ0) is 29.5. The van der Waals surface area contributed by atoms with E-state index in [-0.39, 0.29) is 0 Å². The topological polar surface area (TPSA) is 88.1 Å². The molecule has 0 aliphatic rings. The van der Waals surface area contributed by atoms with Crippen LogP contribution in [0.1, 0.15) is 60.2 Å². The highest BCUT2D eigenvalue weighted by Crippen LogP contribution is 2.26. The van der Waals surface area contributed by atoms with Gasteiger partial charge in [0.25, 0.3) is 0 Å². The van der Waals surface area contributed by atoms with Crippen LogP contribution in [0.2, 0.25) is 0 Å². The Morgan fingerprint density at radius 1 is 0.732 bits per heavy atom. The standard InChI is InChI=1S/C33H36O7S/c1-4-24(5-2)23-41-30-19-17-29(18-20-30)40-33(36)26-11-15-28(16-12-26)39-32(35)25-9-13-27(14-10-25)37-21-7-8-22-38-31(34)6-3/h6,9-20,24H,3-5,7-8,21-23H2,1-2H3. The molecule has 0 fully saturated rings. The number of unbranched alkanes of at least 4 members (excludes halogenated alkanes) is 1. The molecule has 3 aromatic carbocycles. The van der Waals surface area contributed by atoms with Crippen molar-refractivity contribution >= 4 is 29.7 Å². The molecule has 0 aliphatic heterocycles. The zero-order valence-electron chi connectivity index (χ0n) is 23.5. The van der Waals surface area contributed by atoms with Crippen molar-refractivity contribution in [3.8, 4) is 17.2 Å². The van der Waals surface area contributed by atoms with E-state index in [2.05, 4.69) is 20.4 Å². The number of rotatable bonds is 16. The normalized spacial score (nSPS) is 10.6. The van der Waals surface area contributed by atoms with Gasteiger partial charge in [-0.25, -0.2) is 14.4 Å². The van der Waals surface area contributed by atoms with Crippen molar-refractivity contribution in [2.24, 2.45) is 5.92 Å². The van der Waals surface area contributed by atoms with Crippen molar-refractivity contribution in [2.75, 3.05) is 19.0 Å². The van der Waals surface area contributed by atoms with E-state index in [0.29, 0.717) is 60.3 Å². The van der Waals surface area contributed by atoms with Crippen LogP contribution in [-0.4, -0.2) is 36.9 Å². The quantitative estimate of drug-likeness (QED) is 0.0568. The lowest BCUT2D eigenvalue weighted by molar-refractivity contribution is -0.137. The van der Waals surface area contributed by atoms with Crippen molar-refractivity contribution in [1.82, 2.24) is 0 Å². The molecule has 0 radical (unpaired) electrons. The van der Waals surface area contributed by atoms with Gasteiger partial charge in [0.15, 0.2) is 0 Å². The van der Waals surface area contributed by atoms with E-state index in [1.165, 1.54) is 12.8 Å². The van der Waals surface area contributed by atoms with Gasteiger partial charge in [-0.15, -0.1) is 11.8 Å². The molecule has 0 saturated carbocycles. The Morgan fingerprint density at radius 3 is 1.73 bits per heavy atom. The average molecular weight is 577 g/mol. The fraction of sp³-hybridized carbons (Fsp3) is 0.303. The molecule has 0 unspecified atom stereocenters. The summed E-state index contributed by atoms with van der Waals surface area (Å²) in [6, 6.07) is 20.3. The van der Waals surface area contributed by atoms with Gasteiger partial charge < -0.3 is 18.9 Å². The number of thioether (sulfide) groups is 1. The lowest BCUT2D eigenvalue weighted by Crippen LogP contribution is -2.10. The highest BCUT2D eigenvalue weighted by atomic mass is 32.2. The van der Waals surface area contributed by atoms with Gasteiger partial charge in [-0.2, -0.15) is 0 Å². The molecule has 0 bridgehead atoms. The smallest absolute Gasteiger partial charge is 0.343 e. The molecule has 7 nitrogen and oxygen atoms in total. The van der Waals surface area contributed by atoms with Crippen molar-refractivity contribution in [3.63, 3.8) is 0 Å². The summed E-state index contributed by atoms with van der Waals surface area (Å²) in [5, 5.41) is 0. The van der Waals surface area contributed by atoms with Crippen molar-refractivity contribution < 1.29 is 33.3 Å². The highest BCUT2D eigenvalue weighted by Gasteiger charge is 2.12. The molecule has 0 aromatic heterocycles. The summed E-state index contributed by atoms with van der Waals surface area (Å²) >= 11 is 1.81. The summed E-state index contributed by atoms with van der Waals surface area (Å²) in [7, 11) is 0. The van der Waals surface area contributed by atoms with E-state index >= 15 is 0 Å². The molecule has 8 heteroatoms. The van der Waals surface area contributed by atoms with Gasteiger partial charge in [0, 0.05) is 16.7 Å². The van der Waals surface area contributed by atoms with Crippen LogP contribution < -0.4 is 14.2 Å². The van der Waals surface area contributed by atoms with Crippen LogP contribution in [0.4, 0.5) is 0 Å². The third kappa shape index (κ3) is 10.8. The zero-order valence-corrected chi connectivity index (χ0v) is 24.3. The van der Waals surface area contributed by atoms with Gasteiger partial charge in [-0.05, 0) is 91.6 Å². The van der Waals surface area contributed by atoms with Crippen LogP contribution in [0.3, 0.4) is 0 Å². The summed E-state index contributed by atoms with van der Waals surface area (Å²) < 4.78 is 21.5. The van der Waals surface area contributed by atoms with Gasteiger partial charge >= 0.3 is 17.9 Å². The first kappa shape index (κ1) is 31.5. The van der Waals surface area contributed by atoms with E-state index in [9.17, 15) is 14.4 Å². The SMILES string of the molecule is C=CC(=O)OCCCCOc1ccc(C(=O)Oc2ccc(C(=O)Oc3ccc(SCC(CC)CC)cc3)cc2)cc1. The molecular formula is C33H36O7S. The Morgan fingerprint density at radius 2 is 1.22 bits per heavy atom. The maximum Gasteiger partial charge on any atom is 0.343 e. The molecule has 3 rings (SSSR count). The average Bonchev–Trinajstić information content (AvgIpc) is 3.00. The fourth-order valence-electron chi connectivity index (χ4n) is 3.65. The van der Waals surface area contributed by atoms with E-state index in [1.54, 1.807) is 60.7 Å². The van der Waals surface area contributed by atoms with Crippen molar-refractivity contribution in [1.29, 1.82) is 0 Å². The second kappa shape index (κ2) is 16.9. The lowest BCUT2D eigenvalue weighted by atomic mass is 10.1. The van der Waals surface area contributed by atoms with Crippen LogP contribution in [0, 0.1) is 5.92 Å². The molecule has 0 heterocycles. The highest BCUT2D eigenvalue weighted by molar-refractivity contribution is 7.99. The first-order valence-electron chi connectivity index (χ1n) is 13.7. The number of benzene rings is 3. The van der Waals surface area contributed by atoms with E-state index in [4.69, 9.17) is 18.9 Å². The van der Waals surface area contributed by atoms with E-state index in [0.717, 1.165) is 16.7 Å². The van der Waals surface area contributed by atoms with Gasteiger partial charge in [-0.3, -0.25) is 0 Å². The Hall–Kier alpha value is -4.04. The number of hydrogen-bond donors (Lipinski definition) is 0. The third-order valence-electron chi connectivity index (χ3n) is 6.28. The number of carbonyl (C=O) groups excluding carboxylic acids is 3. The summed E-state index contributed by atoms with van der Waals surface area (Å²) in [6.45, 7) is 8.53. The Kier molecular flexibility index (Phi) is 13.0. The van der Waals surface area contributed by atoms with Gasteiger partial charge in [0.05, 0.1) is 24.3 Å². The van der Waals surface area contributed by atoms with Crippen LogP contribution in [0.15, 0.2) is 90.3 Å². The van der Waals surface area contributed by atoms with Crippen LogP contribution in [-0.2, 0) is 9.53 Å². The van der Waals surface area contributed by atoms with Crippen molar-refractivity contribution in [3.05, 3.63) is 96.6 Å². The van der Waals surface area contributed by atoms with Crippen LogP contribution in [0.25, 0.3) is 0 Å². The third-order valence-corrected chi connectivity index (χ3v) is 7.53. The summed E-state index contributed by atoms with van der Waals surface area (Å²) in [5.74, 6) is 1.70. The maximum absolute atomic E-state index is 12.6. The lowest BCUT2D eigenvalue weighted by Gasteiger charge is -2.11. The molecule has 0 aliphatic carbocycles. The predicted octanol–water partition coefficient (Wildman–Crippen LogP) is 7.54. The minimum absolute atomic E-state index is 0.308. The van der Waals surface area contributed by atoms with Gasteiger partial charge in [0.1, 0.15) is 17.2 Å². The van der Waals surface area contributed by atoms with E-state index in [1.807, 2.05) is 23.9 Å². The number of carbonyl (C=O) groups is 3. The summed E-state index contributed by atoms with van der Waals surface area (Å²) in [5.41, 5.74) is 0.705. The molecule has 0 atom stereocenters. The summed E-state index contributed by atoms with van der Waals surface area (Å²) in [4.78, 5) is 37.3. The molecular weight excluding hydrogens is 540 g/mol. The van der Waals surface area contributed by atoms with Crippen molar-refractivity contribution in [2.45, 2.75) is 44.4 Å². The first-order valence-corrected chi connectivity index (χ1v) is 14.7. The molecule has 0 N–H and O–H groups in total. The van der Waals surface area contributed by atoms with E-state index < -0.39 is 17.9 Å². The maximum atomic E-state index is 12.6. The van der Waals surface area contributed by atoms with Gasteiger partial charge in [0.2, 0.25) is 0 Å². The number of esters is 3. The predicted molar refractivity (Wildman–Crippen MR) is 160 cm³/mol. The molecule has 216 valence electrons. The minimum atomic E-state index is -0.530. The second-order valence-electron chi connectivity index (χ2n) is 9.22. The molecule has 3 aromatic rings. The van der Waals surface area contributed by atoms with Crippen LogP contribution >= 0.6 is 11.8 Å². The van der Waals surface area contributed by atoms with Crippen LogP contribution in [0.5, 0.6) is 17.2 Å². The fourth-order valence-corrected chi connectivity index (χ4v) is 4.87. The Bertz CT molecular complexity index is 1260. The first-order chi connectivity index (χ1) is 19.9. The molecule has 0 saturated heterocycles. The molecule has 0 spiro atoms. The number of hydrogen-bond acceptors (Lipinski definition) is 8.